The van der Waals surface area contributed by atoms with Crippen molar-refractivity contribution in [3.05, 3.63) is 0 Å². The summed E-state index contributed by atoms with van der Waals surface area (Å²) < 4.78 is 0. The summed E-state index contributed by atoms with van der Waals surface area (Å²) in [6.45, 7) is 4.42. The average molecular weight is 172 g/mol. The van der Waals surface area contributed by atoms with E-state index in [9.17, 15) is 0 Å². The van der Waals surface area contributed by atoms with Gasteiger partial charge in [0.2, 0.25) is 0 Å². The second kappa shape index (κ2) is 9.05. The fraction of sp³-hybridized carbons (Fsp3) is 1.00. The fourth-order valence-electron chi connectivity index (χ4n) is 1.43. The Balaban J connectivity index is 0.000000217. The Morgan fingerprint density at radius 2 is 1.50 bits per heavy atom. The van der Waals surface area contributed by atoms with Gasteiger partial charge in [0.05, 0.1) is 6.10 Å². The minimum absolute atomic E-state index is 0.0359. The van der Waals surface area contributed by atoms with Crippen LogP contribution in [0.4, 0.5) is 0 Å². The van der Waals surface area contributed by atoms with Crippen LogP contribution in [0.3, 0.4) is 0 Å². The molecular formula is C11H24O. The lowest BCUT2D eigenvalue weighted by Crippen LogP contribution is -2.09. The van der Waals surface area contributed by atoms with E-state index >= 15 is 0 Å². The number of hydrogen-bond acceptors (Lipinski definition) is 1. The van der Waals surface area contributed by atoms with Crippen molar-refractivity contribution < 1.29 is 5.11 Å². The lowest BCUT2D eigenvalue weighted by molar-refractivity contribution is 0.130. The Morgan fingerprint density at radius 3 is 1.67 bits per heavy atom. The molecule has 0 bridgehead atoms. The molecule has 74 valence electrons. The van der Waals surface area contributed by atoms with Gasteiger partial charge in [0.1, 0.15) is 0 Å². The third kappa shape index (κ3) is 8.06. The van der Waals surface area contributed by atoms with Gasteiger partial charge in [-0.2, -0.15) is 0 Å². The van der Waals surface area contributed by atoms with Gasteiger partial charge in [-0.25, -0.2) is 0 Å². The summed E-state index contributed by atoms with van der Waals surface area (Å²) in [6.07, 6.45) is 10.0. The van der Waals surface area contributed by atoms with Crippen LogP contribution in [0, 0.1) is 0 Å². The van der Waals surface area contributed by atoms with Crippen LogP contribution in [-0.2, 0) is 0 Å². The van der Waals surface area contributed by atoms with Gasteiger partial charge in [0.15, 0.2) is 0 Å². The van der Waals surface area contributed by atoms with Gasteiger partial charge in [0, 0.05) is 0 Å². The van der Waals surface area contributed by atoms with E-state index in [1.165, 1.54) is 38.5 Å². The molecule has 0 atom stereocenters. The van der Waals surface area contributed by atoms with Gasteiger partial charge in [0.25, 0.3) is 0 Å². The van der Waals surface area contributed by atoms with Crippen molar-refractivity contribution in [1.82, 2.24) is 0 Å². The molecular weight excluding hydrogens is 148 g/mol. The molecule has 1 fully saturated rings. The minimum Gasteiger partial charge on any atom is -0.393 e. The fourth-order valence-corrected chi connectivity index (χ4v) is 1.43. The molecule has 0 spiro atoms. The number of aliphatic hydroxyl groups is 1. The van der Waals surface area contributed by atoms with Crippen molar-refractivity contribution in [2.75, 3.05) is 0 Å². The number of rotatable bonds is 2. The van der Waals surface area contributed by atoms with Crippen LogP contribution in [0.1, 0.15) is 65.2 Å². The summed E-state index contributed by atoms with van der Waals surface area (Å²) >= 11 is 0. The van der Waals surface area contributed by atoms with Crippen molar-refractivity contribution in [3.8, 4) is 0 Å². The van der Waals surface area contributed by atoms with E-state index in [0.29, 0.717) is 0 Å². The topological polar surface area (TPSA) is 20.2 Å². The Morgan fingerprint density at radius 1 is 1.00 bits per heavy atom. The van der Waals surface area contributed by atoms with E-state index in [-0.39, 0.29) is 6.10 Å². The minimum atomic E-state index is 0.0359. The highest BCUT2D eigenvalue weighted by atomic mass is 16.3. The molecule has 1 aliphatic rings. The number of unbranched alkanes of at least 4 members (excludes halogenated alkanes) is 2. The van der Waals surface area contributed by atoms with Crippen molar-refractivity contribution in [3.63, 3.8) is 0 Å². The van der Waals surface area contributed by atoms with E-state index in [2.05, 4.69) is 13.8 Å². The standard InChI is InChI=1S/C6H12O.C5H12/c7-6-4-2-1-3-5-6;1-3-5-4-2/h6-7H,1-5H2;3-5H2,1-2H3. The van der Waals surface area contributed by atoms with Crippen LogP contribution in [0.15, 0.2) is 0 Å². The summed E-state index contributed by atoms with van der Waals surface area (Å²) in [5.41, 5.74) is 0. The second-order valence-corrected chi connectivity index (χ2v) is 3.65. The maximum absolute atomic E-state index is 8.91. The van der Waals surface area contributed by atoms with E-state index in [0.717, 1.165) is 12.8 Å². The summed E-state index contributed by atoms with van der Waals surface area (Å²) in [5.74, 6) is 0. The largest absolute Gasteiger partial charge is 0.393 e. The molecule has 1 aliphatic carbocycles. The summed E-state index contributed by atoms with van der Waals surface area (Å²) in [6, 6.07) is 0. The molecule has 1 N–H and O–H groups in total. The average Bonchev–Trinajstić information content (AvgIpc) is 2.08. The Labute approximate surface area is 77.2 Å². The second-order valence-electron chi connectivity index (χ2n) is 3.65. The molecule has 0 saturated heterocycles. The maximum atomic E-state index is 8.91. The van der Waals surface area contributed by atoms with E-state index in [1.807, 2.05) is 0 Å². The van der Waals surface area contributed by atoms with E-state index < -0.39 is 0 Å². The zero-order chi connectivity index (χ0) is 9.23. The van der Waals surface area contributed by atoms with Gasteiger partial charge in [-0.1, -0.05) is 52.4 Å². The van der Waals surface area contributed by atoms with Gasteiger partial charge in [-0.3, -0.25) is 0 Å². The lowest BCUT2D eigenvalue weighted by atomic mass is 9.98. The molecule has 12 heavy (non-hydrogen) atoms. The molecule has 0 heterocycles. The summed E-state index contributed by atoms with van der Waals surface area (Å²) in [4.78, 5) is 0. The molecule has 0 unspecified atom stereocenters. The summed E-state index contributed by atoms with van der Waals surface area (Å²) in [5, 5.41) is 8.91. The van der Waals surface area contributed by atoms with E-state index in [1.54, 1.807) is 0 Å². The predicted octanol–water partition coefficient (Wildman–Crippen LogP) is 3.51. The van der Waals surface area contributed by atoms with Crippen molar-refractivity contribution in [1.29, 1.82) is 0 Å². The van der Waals surface area contributed by atoms with Gasteiger partial charge >= 0.3 is 0 Å². The zero-order valence-electron chi connectivity index (χ0n) is 8.68. The quantitative estimate of drug-likeness (QED) is 0.676. The molecule has 0 aliphatic heterocycles. The first-order chi connectivity index (χ1) is 5.81. The molecule has 0 aromatic carbocycles. The molecule has 0 aromatic heterocycles. The highest BCUT2D eigenvalue weighted by Gasteiger charge is 2.07. The lowest BCUT2D eigenvalue weighted by Gasteiger charge is -2.14. The SMILES string of the molecule is CCCCC.OC1CCCCC1. The van der Waals surface area contributed by atoms with Crippen LogP contribution >= 0.6 is 0 Å². The molecule has 0 aromatic rings. The van der Waals surface area contributed by atoms with Crippen molar-refractivity contribution in [2.24, 2.45) is 0 Å². The van der Waals surface area contributed by atoms with Gasteiger partial charge in [-0.15, -0.1) is 0 Å². The third-order valence-electron chi connectivity index (χ3n) is 2.28. The Hall–Kier alpha value is -0.0400. The third-order valence-corrected chi connectivity index (χ3v) is 2.28. The molecule has 0 amide bonds. The van der Waals surface area contributed by atoms with E-state index in [4.69, 9.17) is 5.11 Å². The first-order valence-electron chi connectivity index (χ1n) is 5.49. The monoisotopic (exact) mass is 172 g/mol. The van der Waals surface area contributed by atoms with Crippen LogP contribution < -0.4 is 0 Å². The molecule has 1 nitrogen and oxygen atoms in total. The normalized spacial score (nSPS) is 18.2. The predicted molar refractivity (Wildman–Crippen MR) is 54.3 cm³/mol. The zero-order valence-corrected chi connectivity index (χ0v) is 8.68. The Bertz CT molecular complexity index is 73.1. The maximum Gasteiger partial charge on any atom is 0.0540 e. The van der Waals surface area contributed by atoms with Crippen molar-refractivity contribution in [2.45, 2.75) is 71.3 Å². The van der Waals surface area contributed by atoms with Crippen LogP contribution in [-0.4, -0.2) is 11.2 Å². The van der Waals surface area contributed by atoms with Crippen LogP contribution in [0.2, 0.25) is 0 Å². The van der Waals surface area contributed by atoms with Crippen LogP contribution in [0.25, 0.3) is 0 Å². The number of aliphatic hydroxyl groups excluding tert-OH is 1. The Kier molecular flexibility index (Phi) is 9.02. The van der Waals surface area contributed by atoms with Gasteiger partial charge in [-0.05, 0) is 12.8 Å². The molecule has 1 saturated carbocycles. The smallest absolute Gasteiger partial charge is 0.0540 e. The number of hydrogen-bond donors (Lipinski definition) is 1. The highest BCUT2D eigenvalue weighted by Crippen LogP contribution is 2.16. The molecule has 0 radical (unpaired) electrons. The van der Waals surface area contributed by atoms with Crippen LogP contribution in [0.5, 0.6) is 0 Å². The summed E-state index contributed by atoms with van der Waals surface area (Å²) in [7, 11) is 0. The molecule has 1 rings (SSSR count). The van der Waals surface area contributed by atoms with Gasteiger partial charge < -0.3 is 5.11 Å². The highest BCUT2D eigenvalue weighted by molar-refractivity contribution is 4.61. The first-order valence-corrected chi connectivity index (χ1v) is 5.49. The van der Waals surface area contributed by atoms with Crippen molar-refractivity contribution >= 4 is 0 Å². The first kappa shape index (κ1) is 12.0. The molecule has 1 heteroatoms.